The summed E-state index contributed by atoms with van der Waals surface area (Å²) in [6.45, 7) is 6.47. The molecule has 5 heteroatoms. The predicted molar refractivity (Wildman–Crippen MR) is 67.0 cm³/mol. The smallest absolute Gasteiger partial charge is 0.407 e. The van der Waals surface area contributed by atoms with Crippen LogP contribution in [0.5, 0.6) is 0 Å². The third kappa shape index (κ3) is 1.85. The van der Waals surface area contributed by atoms with Crippen molar-refractivity contribution in [1.29, 1.82) is 0 Å². The molecule has 0 spiro atoms. The van der Waals surface area contributed by atoms with Gasteiger partial charge in [-0.15, -0.1) is 0 Å². The zero-order valence-electron chi connectivity index (χ0n) is 11.3. The normalized spacial score (nSPS) is 36.2. The summed E-state index contributed by atoms with van der Waals surface area (Å²) in [4.78, 5) is 22.5. The van der Waals surface area contributed by atoms with Crippen LogP contribution < -0.4 is 10.6 Å². The van der Waals surface area contributed by atoms with Gasteiger partial charge < -0.3 is 15.4 Å². The number of carbonyl (C=O) groups is 2. The average Bonchev–Trinajstić information content (AvgIpc) is 2.77. The van der Waals surface area contributed by atoms with Crippen LogP contribution in [-0.4, -0.2) is 30.7 Å². The zero-order valence-corrected chi connectivity index (χ0v) is 11.3. The summed E-state index contributed by atoms with van der Waals surface area (Å²) in [5, 5.41) is 5.90. The standard InChI is InChI=1S/C13H22N2O3/c1-4-18-11(17)15-13-6-5-9(7-13)12(2,3)10(13)14-8-16/h8-10H,4-7H2,1-3H3,(H,14,16)(H,15,17)/t9-,10-,13-/m1/s1. The Hall–Kier alpha value is -1.26. The molecule has 0 aromatic rings. The summed E-state index contributed by atoms with van der Waals surface area (Å²) in [6, 6.07) is -0.0225. The molecular weight excluding hydrogens is 232 g/mol. The van der Waals surface area contributed by atoms with E-state index in [1.807, 2.05) is 0 Å². The minimum absolute atomic E-state index is 0.0126. The summed E-state index contributed by atoms with van der Waals surface area (Å²) in [6.07, 6.45) is 3.28. The lowest BCUT2D eigenvalue weighted by Crippen LogP contribution is -2.62. The Morgan fingerprint density at radius 1 is 1.50 bits per heavy atom. The van der Waals surface area contributed by atoms with Gasteiger partial charge >= 0.3 is 6.09 Å². The van der Waals surface area contributed by atoms with Crippen LogP contribution in [0.1, 0.15) is 40.0 Å². The monoisotopic (exact) mass is 254 g/mol. The third-order valence-corrected chi connectivity index (χ3v) is 4.76. The fourth-order valence-corrected chi connectivity index (χ4v) is 3.92. The molecular formula is C13H22N2O3. The first kappa shape index (κ1) is 13.2. The fourth-order valence-electron chi connectivity index (χ4n) is 3.92. The number of amides is 2. The van der Waals surface area contributed by atoms with Crippen molar-refractivity contribution in [2.45, 2.75) is 51.6 Å². The van der Waals surface area contributed by atoms with E-state index in [4.69, 9.17) is 4.74 Å². The Bertz CT molecular complexity index is 356. The van der Waals surface area contributed by atoms with Crippen molar-refractivity contribution in [2.24, 2.45) is 11.3 Å². The topological polar surface area (TPSA) is 67.4 Å². The average molecular weight is 254 g/mol. The lowest BCUT2D eigenvalue weighted by molar-refractivity contribution is -0.111. The molecule has 2 saturated carbocycles. The molecule has 2 rings (SSSR count). The lowest BCUT2D eigenvalue weighted by Gasteiger charge is -2.43. The van der Waals surface area contributed by atoms with Gasteiger partial charge in [0.15, 0.2) is 0 Å². The largest absolute Gasteiger partial charge is 0.450 e. The van der Waals surface area contributed by atoms with Gasteiger partial charge in [-0.2, -0.15) is 0 Å². The van der Waals surface area contributed by atoms with E-state index < -0.39 is 0 Å². The number of alkyl carbamates (subject to hydrolysis) is 1. The van der Waals surface area contributed by atoms with Gasteiger partial charge in [0.25, 0.3) is 0 Å². The van der Waals surface area contributed by atoms with Crippen molar-refractivity contribution in [2.75, 3.05) is 6.61 Å². The number of carbonyl (C=O) groups excluding carboxylic acids is 2. The maximum absolute atomic E-state index is 11.7. The van der Waals surface area contributed by atoms with Gasteiger partial charge in [0.1, 0.15) is 0 Å². The number of fused-ring (bicyclic) bond motifs is 2. The Labute approximate surface area is 108 Å². The van der Waals surface area contributed by atoms with Crippen molar-refractivity contribution in [3.63, 3.8) is 0 Å². The Morgan fingerprint density at radius 2 is 2.22 bits per heavy atom. The summed E-state index contributed by atoms with van der Waals surface area (Å²) in [5.41, 5.74) is -0.319. The molecule has 3 atom stereocenters. The summed E-state index contributed by atoms with van der Waals surface area (Å²) < 4.78 is 4.98. The van der Waals surface area contributed by atoms with Gasteiger partial charge in [0, 0.05) is 0 Å². The number of nitrogens with one attached hydrogen (secondary N) is 2. The molecule has 2 fully saturated rings. The van der Waals surface area contributed by atoms with Gasteiger partial charge in [-0.05, 0) is 37.5 Å². The number of hydrogen-bond acceptors (Lipinski definition) is 3. The number of ether oxygens (including phenoxy) is 1. The van der Waals surface area contributed by atoms with Crippen molar-refractivity contribution < 1.29 is 14.3 Å². The van der Waals surface area contributed by atoms with Crippen molar-refractivity contribution in [3.05, 3.63) is 0 Å². The van der Waals surface area contributed by atoms with E-state index >= 15 is 0 Å². The second-order valence-corrected chi connectivity index (χ2v) is 5.98. The lowest BCUT2D eigenvalue weighted by atomic mass is 9.71. The van der Waals surface area contributed by atoms with Crippen LogP contribution in [0.2, 0.25) is 0 Å². The molecule has 0 unspecified atom stereocenters. The number of rotatable bonds is 4. The molecule has 2 N–H and O–H groups in total. The summed E-state index contributed by atoms with van der Waals surface area (Å²) in [5.74, 6) is 0.539. The molecule has 0 heterocycles. The van der Waals surface area contributed by atoms with E-state index in [1.165, 1.54) is 0 Å². The van der Waals surface area contributed by atoms with E-state index in [0.29, 0.717) is 12.5 Å². The first-order valence-electron chi connectivity index (χ1n) is 6.61. The maximum Gasteiger partial charge on any atom is 0.407 e. The van der Waals surface area contributed by atoms with Crippen molar-refractivity contribution in [1.82, 2.24) is 10.6 Å². The molecule has 0 saturated heterocycles. The molecule has 0 aromatic heterocycles. The Balaban J connectivity index is 2.19. The molecule has 2 aliphatic rings. The molecule has 18 heavy (non-hydrogen) atoms. The second kappa shape index (κ2) is 4.44. The first-order chi connectivity index (χ1) is 8.46. The van der Waals surface area contributed by atoms with E-state index in [-0.39, 0.29) is 23.1 Å². The molecule has 2 aliphatic carbocycles. The minimum Gasteiger partial charge on any atom is -0.450 e. The quantitative estimate of drug-likeness (QED) is 0.746. The predicted octanol–water partition coefficient (Wildman–Crippen LogP) is 1.43. The molecule has 5 nitrogen and oxygen atoms in total. The highest BCUT2D eigenvalue weighted by Crippen LogP contribution is 2.57. The van der Waals surface area contributed by atoms with Gasteiger partial charge in [-0.3, -0.25) is 4.79 Å². The Kier molecular flexibility index (Phi) is 3.25. The second-order valence-electron chi connectivity index (χ2n) is 5.98. The summed E-state index contributed by atoms with van der Waals surface area (Å²) in [7, 11) is 0. The van der Waals surface area contributed by atoms with Gasteiger partial charge in [-0.1, -0.05) is 13.8 Å². The van der Waals surface area contributed by atoms with Gasteiger partial charge in [-0.25, -0.2) is 4.79 Å². The fraction of sp³-hybridized carbons (Fsp3) is 0.846. The highest BCUT2D eigenvalue weighted by molar-refractivity contribution is 5.69. The molecule has 0 aromatic carbocycles. The molecule has 102 valence electrons. The van der Waals surface area contributed by atoms with Gasteiger partial charge in [0.2, 0.25) is 6.41 Å². The van der Waals surface area contributed by atoms with Crippen LogP contribution >= 0.6 is 0 Å². The van der Waals surface area contributed by atoms with Gasteiger partial charge in [0.05, 0.1) is 18.2 Å². The van der Waals surface area contributed by atoms with Crippen LogP contribution in [0.15, 0.2) is 0 Å². The zero-order chi connectivity index (χ0) is 13.4. The molecule has 0 radical (unpaired) electrons. The van der Waals surface area contributed by atoms with E-state index in [2.05, 4.69) is 24.5 Å². The van der Waals surface area contributed by atoms with Crippen molar-refractivity contribution >= 4 is 12.5 Å². The van der Waals surface area contributed by atoms with E-state index in [1.54, 1.807) is 6.92 Å². The van der Waals surface area contributed by atoms with Crippen LogP contribution in [0, 0.1) is 11.3 Å². The number of hydrogen-bond donors (Lipinski definition) is 2. The molecule has 2 amide bonds. The van der Waals surface area contributed by atoms with Crippen LogP contribution in [0.3, 0.4) is 0 Å². The van der Waals surface area contributed by atoms with E-state index in [9.17, 15) is 9.59 Å². The first-order valence-corrected chi connectivity index (χ1v) is 6.61. The van der Waals surface area contributed by atoms with Crippen LogP contribution in [0.4, 0.5) is 4.79 Å². The molecule has 2 bridgehead atoms. The van der Waals surface area contributed by atoms with Crippen LogP contribution in [0.25, 0.3) is 0 Å². The van der Waals surface area contributed by atoms with E-state index in [0.717, 1.165) is 25.7 Å². The minimum atomic E-state index is -0.381. The highest BCUT2D eigenvalue weighted by Gasteiger charge is 2.62. The SMILES string of the molecule is CCOC(=O)N[C@]12CC[C@H](C1)C(C)(C)[C@H]2NC=O. The van der Waals surface area contributed by atoms with Crippen LogP contribution in [-0.2, 0) is 9.53 Å². The maximum atomic E-state index is 11.7. The highest BCUT2D eigenvalue weighted by atomic mass is 16.5. The summed E-state index contributed by atoms with van der Waals surface area (Å²) >= 11 is 0. The molecule has 0 aliphatic heterocycles. The third-order valence-electron chi connectivity index (χ3n) is 4.76. The van der Waals surface area contributed by atoms with Crippen molar-refractivity contribution in [3.8, 4) is 0 Å². The Morgan fingerprint density at radius 3 is 2.83 bits per heavy atom.